The van der Waals surface area contributed by atoms with Crippen LogP contribution in [0, 0.1) is 0 Å². The summed E-state index contributed by atoms with van der Waals surface area (Å²) < 4.78 is 0. The molecule has 0 amide bonds. The van der Waals surface area contributed by atoms with Crippen LogP contribution in [-0.4, -0.2) is 49.7 Å². The standard InChI is InChI=1S/C16H28N4/c1-4-8-19-9-11-20(12-10-19)14-6-7-16(18-13-14)15(5-2)17-3/h6-7,13,15,17H,4-5,8-12H2,1-3H3. The summed E-state index contributed by atoms with van der Waals surface area (Å²) >= 11 is 0. The Morgan fingerprint density at radius 3 is 2.45 bits per heavy atom. The van der Waals surface area contributed by atoms with E-state index < -0.39 is 0 Å². The monoisotopic (exact) mass is 276 g/mol. The third kappa shape index (κ3) is 3.70. The lowest BCUT2D eigenvalue weighted by molar-refractivity contribution is 0.258. The van der Waals surface area contributed by atoms with Gasteiger partial charge >= 0.3 is 0 Å². The topological polar surface area (TPSA) is 31.4 Å². The van der Waals surface area contributed by atoms with Crippen LogP contribution >= 0.6 is 0 Å². The number of rotatable bonds is 6. The Hall–Kier alpha value is -1.13. The Bertz CT molecular complexity index is 378. The summed E-state index contributed by atoms with van der Waals surface area (Å²) in [5, 5.41) is 3.30. The highest BCUT2D eigenvalue weighted by Crippen LogP contribution is 2.19. The van der Waals surface area contributed by atoms with Gasteiger partial charge in [-0.25, -0.2) is 0 Å². The Morgan fingerprint density at radius 1 is 1.20 bits per heavy atom. The summed E-state index contributed by atoms with van der Waals surface area (Å²) in [6, 6.07) is 4.75. The molecule has 0 radical (unpaired) electrons. The molecule has 4 heteroatoms. The number of nitrogens with one attached hydrogen (secondary N) is 1. The van der Waals surface area contributed by atoms with Crippen LogP contribution in [0.4, 0.5) is 5.69 Å². The van der Waals surface area contributed by atoms with Gasteiger partial charge in [-0.05, 0) is 38.6 Å². The molecule has 0 bridgehead atoms. The largest absolute Gasteiger partial charge is 0.368 e. The van der Waals surface area contributed by atoms with E-state index in [2.05, 4.69) is 46.1 Å². The van der Waals surface area contributed by atoms with Gasteiger partial charge in [0.25, 0.3) is 0 Å². The Labute approximate surface area is 123 Å². The summed E-state index contributed by atoms with van der Waals surface area (Å²) in [6.07, 6.45) is 4.35. The van der Waals surface area contributed by atoms with Crippen molar-refractivity contribution in [2.24, 2.45) is 0 Å². The first-order chi connectivity index (χ1) is 9.78. The fourth-order valence-corrected chi connectivity index (χ4v) is 2.90. The molecule has 0 saturated carbocycles. The Balaban J connectivity index is 1.94. The molecule has 2 rings (SSSR count). The van der Waals surface area contributed by atoms with Crippen molar-refractivity contribution in [2.75, 3.05) is 44.7 Å². The summed E-state index contributed by atoms with van der Waals surface area (Å²) in [5.74, 6) is 0. The van der Waals surface area contributed by atoms with Crippen LogP contribution in [0.2, 0.25) is 0 Å². The second-order valence-electron chi connectivity index (χ2n) is 5.52. The van der Waals surface area contributed by atoms with Crippen molar-refractivity contribution in [1.29, 1.82) is 0 Å². The Kier molecular flexibility index (Phi) is 5.80. The Morgan fingerprint density at radius 2 is 1.95 bits per heavy atom. The summed E-state index contributed by atoms with van der Waals surface area (Å²) in [6.45, 7) is 10.2. The van der Waals surface area contributed by atoms with Crippen LogP contribution in [0.3, 0.4) is 0 Å². The minimum Gasteiger partial charge on any atom is -0.368 e. The van der Waals surface area contributed by atoms with Crippen molar-refractivity contribution in [3.05, 3.63) is 24.0 Å². The smallest absolute Gasteiger partial charge is 0.0574 e. The van der Waals surface area contributed by atoms with E-state index in [-0.39, 0.29) is 0 Å². The maximum absolute atomic E-state index is 4.63. The van der Waals surface area contributed by atoms with Gasteiger partial charge in [0.15, 0.2) is 0 Å². The molecule has 4 nitrogen and oxygen atoms in total. The average molecular weight is 276 g/mol. The van der Waals surface area contributed by atoms with Gasteiger partial charge in [0.2, 0.25) is 0 Å². The van der Waals surface area contributed by atoms with Gasteiger partial charge in [-0.2, -0.15) is 0 Å². The predicted molar refractivity (Wildman–Crippen MR) is 85.3 cm³/mol. The molecule has 20 heavy (non-hydrogen) atoms. The molecular weight excluding hydrogens is 248 g/mol. The van der Waals surface area contributed by atoms with E-state index in [1.165, 1.54) is 31.7 Å². The molecule has 1 atom stereocenters. The van der Waals surface area contributed by atoms with E-state index in [1.807, 2.05) is 13.2 Å². The van der Waals surface area contributed by atoms with Gasteiger partial charge in [-0.3, -0.25) is 9.88 Å². The van der Waals surface area contributed by atoms with E-state index in [0.29, 0.717) is 6.04 Å². The maximum Gasteiger partial charge on any atom is 0.0574 e. The molecule has 1 aromatic rings. The predicted octanol–water partition coefficient (Wildman–Crippen LogP) is 2.28. The van der Waals surface area contributed by atoms with Gasteiger partial charge in [-0.15, -0.1) is 0 Å². The second-order valence-corrected chi connectivity index (χ2v) is 5.52. The molecule has 112 valence electrons. The molecule has 1 aromatic heterocycles. The molecule has 1 aliphatic rings. The number of piperazine rings is 1. The zero-order chi connectivity index (χ0) is 14.4. The number of anilines is 1. The minimum atomic E-state index is 0.366. The van der Waals surface area contributed by atoms with Crippen LogP contribution in [0.5, 0.6) is 0 Å². The quantitative estimate of drug-likeness (QED) is 0.864. The van der Waals surface area contributed by atoms with Crippen molar-refractivity contribution in [1.82, 2.24) is 15.2 Å². The number of pyridine rings is 1. The van der Waals surface area contributed by atoms with Gasteiger partial charge in [0.05, 0.1) is 17.6 Å². The zero-order valence-electron chi connectivity index (χ0n) is 13.1. The molecular formula is C16H28N4. The molecule has 1 aliphatic heterocycles. The lowest BCUT2D eigenvalue weighted by Gasteiger charge is -2.35. The molecule has 0 aromatic carbocycles. The number of hydrogen-bond acceptors (Lipinski definition) is 4. The van der Waals surface area contributed by atoms with E-state index in [1.54, 1.807) is 0 Å². The first-order valence-electron chi connectivity index (χ1n) is 7.89. The SMILES string of the molecule is CCCN1CCN(c2ccc(C(CC)NC)nc2)CC1. The summed E-state index contributed by atoms with van der Waals surface area (Å²) in [4.78, 5) is 9.63. The lowest BCUT2D eigenvalue weighted by Crippen LogP contribution is -2.46. The maximum atomic E-state index is 4.63. The highest BCUT2D eigenvalue weighted by Gasteiger charge is 2.17. The van der Waals surface area contributed by atoms with Gasteiger partial charge in [0.1, 0.15) is 0 Å². The first-order valence-corrected chi connectivity index (χ1v) is 7.89. The molecule has 1 saturated heterocycles. The minimum absolute atomic E-state index is 0.366. The van der Waals surface area contributed by atoms with Crippen molar-refractivity contribution in [3.8, 4) is 0 Å². The van der Waals surface area contributed by atoms with Crippen LogP contribution in [0.1, 0.15) is 38.4 Å². The lowest BCUT2D eigenvalue weighted by atomic mass is 10.1. The molecule has 0 spiro atoms. The van der Waals surface area contributed by atoms with Crippen molar-refractivity contribution in [2.45, 2.75) is 32.7 Å². The van der Waals surface area contributed by atoms with Gasteiger partial charge in [-0.1, -0.05) is 13.8 Å². The number of nitrogens with zero attached hydrogens (tertiary/aromatic N) is 3. The third-order valence-corrected chi connectivity index (χ3v) is 4.16. The van der Waals surface area contributed by atoms with Gasteiger partial charge in [0, 0.05) is 32.2 Å². The number of aromatic nitrogens is 1. The van der Waals surface area contributed by atoms with Crippen LogP contribution in [0.15, 0.2) is 18.3 Å². The molecule has 2 heterocycles. The molecule has 1 N–H and O–H groups in total. The van der Waals surface area contributed by atoms with Crippen molar-refractivity contribution in [3.63, 3.8) is 0 Å². The van der Waals surface area contributed by atoms with Crippen LogP contribution < -0.4 is 10.2 Å². The van der Waals surface area contributed by atoms with E-state index in [9.17, 15) is 0 Å². The van der Waals surface area contributed by atoms with Crippen LogP contribution in [0.25, 0.3) is 0 Å². The van der Waals surface area contributed by atoms with Crippen molar-refractivity contribution < 1.29 is 0 Å². The normalized spacial score (nSPS) is 18.2. The van der Waals surface area contributed by atoms with Crippen LogP contribution in [-0.2, 0) is 0 Å². The molecule has 1 fully saturated rings. The summed E-state index contributed by atoms with van der Waals surface area (Å²) in [5.41, 5.74) is 2.40. The third-order valence-electron chi connectivity index (χ3n) is 4.16. The van der Waals surface area contributed by atoms with E-state index in [0.717, 1.165) is 25.2 Å². The molecule has 1 unspecified atom stereocenters. The zero-order valence-corrected chi connectivity index (χ0v) is 13.1. The molecule has 0 aliphatic carbocycles. The highest BCUT2D eigenvalue weighted by atomic mass is 15.3. The van der Waals surface area contributed by atoms with Crippen molar-refractivity contribution >= 4 is 5.69 Å². The fraction of sp³-hybridized carbons (Fsp3) is 0.688. The fourth-order valence-electron chi connectivity index (χ4n) is 2.90. The summed E-state index contributed by atoms with van der Waals surface area (Å²) in [7, 11) is 2.00. The van der Waals surface area contributed by atoms with Gasteiger partial charge < -0.3 is 10.2 Å². The van der Waals surface area contributed by atoms with E-state index >= 15 is 0 Å². The number of hydrogen-bond donors (Lipinski definition) is 1. The van der Waals surface area contributed by atoms with E-state index in [4.69, 9.17) is 0 Å². The highest BCUT2D eigenvalue weighted by molar-refractivity contribution is 5.45. The average Bonchev–Trinajstić information content (AvgIpc) is 2.50. The second kappa shape index (κ2) is 7.60. The first kappa shape index (κ1) is 15.3.